The first-order valence-electron chi connectivity index (χ1n) is 6.14. The molecule has 0 saturated carbocycles. The lowest BCUT2D eigenvalue weighted by atomic mass is 9.93. The van der Waals surface area contributed by atoms with E-state index in [2.05, 4.69) is 17.2 Å². The van der Waals surface area contributed by atoms with Gasteiger partial charge in [0.1, 0.15) is 5.52 Å². The van der Waals surface area contributed by atoms with Gasteiger partial charge in [-0.1, -0.05) is 30.1 Å². The fourth-order valence-corrected chi connectivity index (χ4v) is 3.01. The number of aromatic nitrogens is 1. The van der Waals surface area contributed by atoms with Crippen LogP contribution < -0.4 is 5.32 Å². The molecular formula is C13H14Cl2N2O. The summed E-state index contributed by atoms with van der Waals surface area (Å²) in [5.74, 6) is 1.22. The largest absolute Gasteiger partial charge is 0.437 e. The molecule has 1 aliphatic rings. The summed E-state index contributed by atoms with van der Waals surface area (Å²) in [5, 5.41) is 4.54. The van der Waals surface area contributed by atoms with Gasteiger partial charge in [-0.3, -0.25) is 0 Å². The van der Waals surface area contributed by atoms with Gasteiger partial charge in [0.05, 0.1) is 11.1 Å². The zero-order valence-electron chi connectivity index (χ0n) is 10.0. The Labute approximate surface area is 115 Å². The van der Waals surface area contributed by atoms with Crippen molar-refractivity contribution in [2.45, 2.75) is 25.8 Å². The van der Waals surface area contributed by atoms with Gasteiger partial charge in [-0.25, -0.2) is 4.98 Å². The molecule has 0 radical (unpaired) electrons. The average Bonchev–Trinajstić information content (AvgIpc) is 2.73. The maximum atomic E-state index is 6.11. The predicted octanol–water partition coefficient (Wildman–Crippen LogP) is 4.20. The number of halogens is 2. The second-order valence-electron chi connectivity index (χ2n) is 4.84. The third-order valence-electron chi connectivity index (χ3n) is 3.46. The second-order valence-corrected chi connectivity index (χ2v) is 5.68. The van der Waals surface area contributed by atoms with E-state index in [0.29, 0.717) is 27.4 Å². The van der Waals surface area contributed by atoms with Crippen LogP contribution in [-0.2, 0) is 0 Å². The van der Waals surface area contributed by atoms with Crippen LogP contribution in [0, 0.1) is 5.92 Å². The number of hydrogen-bond acceptors (Lipinski definition) is 3. The molecular weight excluding hydrogens is 271 g/mol. The Hall–Kier alpha value is -0.770. The standard InChI is InChI=1S/C13H14Cl2N2O/c1-7-3-2-4-16-11(7)13-17-10-6-8(14)5-9(15)12(10)18-13/h5-7,11,16H,2-4H2,1H3. The summed E-state index contributed by atoms with van der Waals surface area (Å²) >= 11 is 12.1. The topological polar surface area (TPSA) is 38.1 Å². The molecule has 3 rings (SSSR count). The molecule has 96 valence electrons. The van der Waals surface area contributed by atoms with Gasteiger partial charge >= 0.3 is 0 Å². The van der Waals surface area contributed by atoms with Crippen molar-refractivity contribution < 1.29 is 4.42 Å². The van der Waals surface area contributed by atoms with Crippen LogP contribution in [0.4, 0.5) is 0 Å². The fraction of sp³-hybridized carbons (Fsp3) is 0.462. The molecule has 0 spiro atoms. The SMILES string of the molecule is CC1CCCNC1c1nc2cc(Cl)cc(Cl)c2o1. The Bertz CT molecular complexity index is 582. The van der Waals surface area contributed by atoms with Crippen LogP contribution >= 0.6 is 23.2 Å². The van der Waals surface area contributed by atoms with E-state index >= 15 is 0 Å². The van der Waals surface area contributed by atoms with Crippen LogP contribution in [-0.4, -0.2) is 11.5 Å². The maximum absolute atomic E-state index is 6.11. The normalized spacial score (nSPS) is 24.6. The molecule has 5 heteroatoms. The molecule has 1 aromatic heterocycles. The highest BCUT2D eigenvalue weighted by molar-refractivity contribution is 6.37. The molecule has 1 aliphatic heterocycles. The summed E-state index contributed by atoms with van der Waals surface area (Å²) in [4.78, 5) is 4.51. The van der Waals surface area contributed by atoms with Gasteiger partial charge < -0.3 is 9.73 Å². The van der Waals surface area contributed by atoms with Crippen LogP contribution in [0.1, 0.15) is 31.7 Å². The van der Waals surface area contributed by atoms with Crippen molar-refractivity contribution >= 4 is 34.3 Å². The van der Waals surface area contributed by atoms with E-state index in [1.165, 1.54) is 12.8 Å². The fourth-order valence-electron chi connectivity index (χ4n) is 2.49. The Morgan fingerprint density at radius 3 is 3.00 bits per heavy atom. The minimum absolute atomic E-state index is 0.168. The minimum atomic E-state index is 0.168. The van der Waals surface area contributed by atoms with Gasteiger partial charge in [0, 0.05) is 5.02 Å². The van der Waals surface area contributed by atoms with Crippen LogP contribution in [0.25, 0.3) is 11.1 Å². The molecule has 0 amide bonds. The number of piperidine rings is 1. The van der Waals surface area contributed by atoms with E-state index in [1.807, 2.05) is 0 Å². The number of benzene rings is 1. The lowest BCUT2D eigenvalue weighted by Crippen LogP contribution is -2.32. The monoisotopic (exact) mass is 284 g/mol. The summed E-state index contributed by atoms with van der Waals surface area (Å²) in [6.07, 6.45) is 2.38. The summed E-state index contributed by atoms with van der Waals surface area (Å²) in [6.45, 7) is 3.21. The Balaban J connectivity index is 2.05. The molecule has 0 bridgehead atoms. The molecule has 1 N–H and O–H groups in total. The highest BCUT2D eigenvalue weighted by atomic mass is 35.5. The van der Waals surface area contributed by atoms with Crippen LogP contribution in [0.3, 0.4) is 0 Å². The lowest BCUT2D eigenvalue weighted by Gasteiger charge is -2.27. The number of hydrogen-bond donors (Lipinski definition) is 1. The van der Waals surface area contributed by atoms with Crippen LogP contribution in [0.15, 0.2) is 16.5 Å². The first-order chi connectivity index (χ1) is 8.65. The van der Waals surface area contributed by atoms with Crippen molar-refractivity contribution in [2.75, 3.05) is 6.54 Å². The van der Waals surface area contributed by atoms with E-state index in [1.54, 1.807) is 12.1 Å². The average molecular weight is 285 g/mol. The van der Waals surface area contributed by atoms with Gasteiger partial charge in [-0.2, -0.15) is 0 Å². The molecule has 1 aromatic carbocycles. The van der Waals surface area contributed by atoms with Crippen molar-refractivity contribution in [2.24, 2.45) is 5.92 Å². The zero-order valence-corrected chi connectivity index (χ0v) is 11.6. The van der Waals surface area contributed by atoms with E-state index < -0.39 is 0 Å². The molecule has 2 unspecified atom stereocenters. The lowest BCUT2D eigenvalue weighted by molar-refractivity contribution is 0.264. The highest BCUT2D eigenvalue weighted by Crippen LogP contribution is 2.34. The summed E-state index contributed by atoms with van der Waals surface area (Å²) in [6, 6.07) is 3.63. The number of fused-ring (bicyclic) bond motifs is 1. The predicted molar refractivity (Wildman–Crippen MR) is 73.2 cm³/mol. The molecule has 3 nitrogen and oxygen atoms in total. The third-order valence-corrected chi connectivity index (χ3v) is 3.96. The van der Waals surface area contributed by atoms with Gasteiger partial charge in [-0.15, -0.1) is 0 Å². The molecule has 2 atom stereocenters. The van der Waals surface area contributed by atoms with E-state index in [4.69, 9.17) is 27.6 Å². The van der Waals surface area contributed by atoms with Crippen molar-refractivity contribution in [3.8, 4) is 0 Å². The Kier molecular flexibility index (Phi) is 3.22. The van der Waals surface area contributed by atoms with E-state index in [-0.39, 0.29) is 6.04 Å². The highest BCUT2D eigenvalue weighted by Gasteiger charge is 2.27. The summed E-state index contributed by atoms with van der Waals surface area (Å²) < 4.78 is 5.80. The minimum Gasteiger partial charge on any atom is -0.437 e. The number of nitrogens with zero attached hydrogens (tertiary/aromatic N) is 1. The molecule has 1 fully saturated rings. The van der Waals surface area contributed by atoms with Crippen LogP contribution in [0.5, 0.6) is 0 Å². The Morgan fingerprint density at radius 2 is 2.22 bits per heavy atom. The number of oxazole rings is 1. The number of nitrogens with one attached hydrogen (secondary N) is 1. The first kappa shape index (κ1) is 12.3. The molecule has 2 heterocycles. The van der Waals surface area contributed by atoms with Crippen molar-refractivity contribution in [1.29, 1.82) is 0 Å². The van der Waals surface area contributed by atoms with Crippen molar-refractivity contribution in [3.63, 3.8) is 0 Å². The van der Waals surface area contributed by atoms with Crippen LogP contribution in [0.2, 0.25) is 10.0 Å². The molecule has 1 saturated heterocycles. The maximum Gasteiger partial charge on any atom is 0.212 e. The quantitative estimate of drug-likeness (QED) is 0.853. The summed E-state index contributed by atoms with van der Waals surface area (Å²) in [7, 11) is 0. The van der Waals surface area contributed by atoms with Gasteiger partial charge in [0.25, 0.3) is 0 Å². The first-order valence-corrected chi connectivity index (χ1v) is 6.89. The zero-order chi connectivity index (χ0) is 12.7. The van der Waals surface area contributed by atoms with Gasteiger partial charge in [-0.05, 0) is 37.4 Å². The molecule has 2 aromatic rings. The van der Waals surface area contributed by atoms with Crippen molar-refractivity contribution in [3.05, 3.63) is 28.1 Å². The molecule has 0 aliphatic carbocycles. The second kappa shape index (κ2) is 4.72. The smallest absolute Gasteiger partial charge is 0.212 e. The molecule has 18 heavy (non-hydrogen) atoms. The van der Waals surface area contributed by atoms with Gasteiger partial charge in [0.15, 0.2) is 5.58 Å². The van der Waals surface area contributed by atoms with E-state index in [9.17, 15) is 0 Å². The Morgan fingerprint density at radius 1 is 1.39 bits per heavy atom. The van der Waals surface area contributed by atoms with Crippen molar-refractivity contribution in [1.82, 2.24) is 10.3 Å². The van der Waals surface area contributed by atoms with E-state index in [0.717, 1.165) is 12.1 Å². The summed E-state index contributed by atoms with van der Waals surface area (Å²) in [5.41, 5.74) is 1.35. The van der Waals surface area contributed by atoms with Gasteiger partial charge in [0.2, 0.25) is 5.89 Å². The number of rotatable bonds is 1. The third kappa shape index (κ3) is 2.11.